The van der Waals surface area contributed by atoms with Gasteiger partial charge < -0.3 is 15.5 Å². The van der Waals surface area contributed by atoms with Crippen LogP contribution in [-0.4, -0.2) is 49.6 Å². The molecular formula is C17H19ClN4O3. The molecule has 0 spiro atoms. The highest BCUT2D eigenvalue weighted by Gasteiger charge is 2.50. The number of pyridine rings is 1. The molecule has 25 heavy (non-hydrogen) atoms. The van der Waals surface area contributed by atoms with E-state index >= 15 is 0 Å². The van der Waals surface area contributed by atoms with Crippen molar-refractivity contribution in [3.05, 3.63) is 40.3 Å². The number of fused-ring (bicyclic) bond motifs is 3. The normalized spacial score (nSPS) is 21.0. The summed E-state index contributed by atoms with van der Waals surface area (Å²) in [5, 5.41) is 26.6. The number of carbonyl (C=O) groups is 1. The summed E-state index contributed by atoms with van der Waals surface area (Å²) in [6, 6.07) is 3.41. The Morgan fingerprint density at radius 3 is 2.92 bits per heavy atom. The van der Waals surface area contributed by atoms with Gasteiger partial charge in [0.2, 0.25) is 0 Å². The van der Waals surface area contributed by atoms with Gasteiger partial charge in [-0.2, -0.15) is 5.10 Å². The lowest BCUT2D eigenvalue weighted by Crippen LogP contribution is -2.52. The minimum absolute atomic E-state index is 0.331. The van der Waals surface area contributed by atoms with E-state index in [-0.39, 0.29) is 13.2 Å². The Balaban J connectivity index is 1.74. The number of carbonyl (C=O) groups excluding carboxylic acids is 1. The molecule has 1 saturated carbocycles. The number of aliphatic hydroxyl groups is 2. The summed E-state index contributed by atoms with van der Waals surface area (Å²) in [5.41, 5.74) is 1.19. The van der Waals surface area contributed by atoms with E-state index in [9.17, 15) is 15.0 Å². The van der Waals surface area contributed by atoms with Crippen molar-refractivity contribution >= 4 is 17.5 Å². The van der Waals surface area contributed by atoms with Gasteiger partial charge in [-0.3, -0.25) is 4.79 Å². The fourth-order valence-corrected chi connectivity index (χ4v) is 3.60. The smallest absolute Gasteiger partial charge is 0.272 e. The summed E-state index contributed by atoms with van der Waals surface area (Å²) in [6.45, 7) is 0.858. The molecule has 0 radical (unpaired) electrons. The largest absolute Gasteiger partial charge is 0.394 e. The number of hydrogen-bond donors (Lipinski definition) is 3. The highest BCUT2D eigenvalue weighted by molar-refractivity contribution is 6.30. The molecule has 4 rings (SSSR count). The van der Waals surface area contributed by atoms with Crippen LogP contribution in [0.3, 0.4) is 0 Å². The summed E-state index contributed by atoms with van der Waals surface area (Å²) in [6.07, 6.45) is 3.53. The fraction of sp³-hybridized carbons (Fsp3) is 0.471. The first kappa shape index (κ1) is 16.5. The maximum absolute atomic E-state index is 12.7. The van der Waals surface area contributed by atoms with Crippen molar-refractivity contribution in [2.24, 2.45) is 5.92 Å². The van der Waals surface area contributed by atoms with Crippen molar-refractivity contribution < 1.29 is 15.0 Å². The van der Waals surface area contributed by atoms with Crippen LogP contribution in [0, 0.1) is 5.92 Å². The molecule has 0 saturated heterocycles. The lowest BCUT2D eigenvalue weighted by Gasteiger charge is -2.25. The molecule has 2 atom stereocenters. The second-order valence-corrected chi connectivity index (χ2v) is 7.53. The molecule has 1 amide bonds. The third kappa shape index (κ3) is 2.72. The van der Waals surface area contributed by atoms with Crippen LogP contribution in [0.1, 0.15) is 41.0 Å². The number of aliphatic hydroxyl groups excluding tert-OH is 2. The topological polar surface area (TPSA) is 100 Å². The van der Waals surface area contributed by atoms with E-state index in [1.54, 1.807) is 29.9 Å². The molecule has 7 nitrogen and oxygen atoms in total. The fourth-order valence-electron chi connectivity index (χ4n) is 3.44. The molecule has 8 heteroatoms. The van der Waals surface area contributed by atoms with Crippen LogP contribution in [-0.2, 0) is 6.42 Å². The standard InChI is InChI=1S/C17H19ClN4O3/c1-17(7-23,8-24)20-16(25)14-12-5-9-4-11(9)15(12)22(21-14)13-6-10(18)2-3-19-13/h2-3,6,9,11,23-24H,4-5,7-8H2,1H3,(H,20,25)/t9-,11-/m1/s1. The summed E-state index contributed by atoms with van der Waals surface area (Å²) in [5.74, 6) is 1.16. The minimum Gasteiger partial charge on any atom is -0.394 e. The highest BCUT2D eigenvalue weighted by Crippen LogP contribution is 2.57. The first-order valence-electron chi connectivity index (χ1n) is 8.23. The molecular weight excluding hydrogens is 344 g/mol. The van der Waals surface area contributed by atoms with Gasteiger partial charge in [0, 0.05) is 28.8 Å². The average molecular weight is 363 g/mol. The molecule has 2 heterocycles. The molecule has 0 unspecified atom stereocenters. The molecule has 1 fully saturated rings. The van der Waals surface area contributed by atoms with E-state index in [4.69, 9.17) is 11.6 Å². The lowest BCUT2D eigenvalue weighted by molar-refractivity contribution is 0.0718. The predicted octanol–water partition coefficient (Wildman–Crippen LogP) is 1.05. The molecule has 0 aliphatic heterocycles. The van der Waals surface area contributed by atoms with Gasteiger partial charge in [-0.05, 0) is 31.7 Å². The van der Waals surface area contributed by atoms with Gasteiger partial charge in [0.05, 0.1) is 24.4 Å². The van der Waals surface area contributed by atoms with Crippen LogP contribution < -0.4 is 5.32 Å². The van der Waals surface area contributed by atoms with E-state index in [1.807, 2.05) is 0 Å². The van der Waals surface area contributed by atoms with Crippen LogP contribution in [0.4, 0.5) is 0 Å². The SMILES string of the molecule is CC(CO)(CO)NC(=O)c1nn(-c2cc(Cl)ccn2)c2c1C[C@H]1C[C@@H]21. The Hall–Kier alpha value is -1.96. The van der Waals surface area contributed by atoms with Gasteiger partial charge in [0.15, 0.2) is 11.5 Å². The lowest BCUT2D eigenvalue weighted by atomic mass is 10.0. The zero-order valence-corrected chi connectivity index (χ0v) is 14.5. The number of rotatable bonds is 5. The molecule has 2 aromatic rings. The van der Waals surface area contributed by atoms with E-state index in [2.05, 4.69) is 15.4 Å². The van der Waals surface area contributed by atoms with E-state index in [0.717, 1.165) is 24.1 Å². The van der Waals surface area contributed by atoms with E-state index in [0.29, 0.717) is 28.4 Å². The number of halogens is 1. The average Bonchev–Trinajstić information content (AvgIpc) is 3.10. The van der Waals surface area contributed by atoms with Gasteiger partial charge in [-0.25, -0.2) is 9.67 Å². The van der Waals surface area contributed by atoms with Crippen molar-refractivity contribution in [3.63, 3.8) is 0 Å². The summed E-state index contributed by atoms with van der Waals surface area (Å²) >= 11 is 6.07. The third-order valence-electron chi connectivity index (χ3n) is 5.02. The van der Waals surface area contributed by atoms with Crippen LogP contribution in [0.2, 0.25) is 5.02 Å². The predicted molar refractivity (Wildman–Crippen MR) is 91.0 cm³/mol. The molecule has 2 aliphatic rings. The second-order valence-electron chi connectivity index (χ2n) is 7.09. The quantitative estimate of drug-likeness (QED) is 0.738. The molecule has 0 aromatic carbocycles. The molecule has 132 valence electrons. The first-order chi connectivity index (χ1) is 12.0. The molecule has 2 aromatic heterocycles. The van der Waals surface area contributed by atoms with Crippen LogP contribution in [0.5, 0.6) is 0 Å². The van der Waals surface area contributed by atoms with Crippen LogP contribution in [0.25, 0.3) is 5.82 Å². The minimum atomic E-state index is -1.09. The number of hydrogen-bond acceptors (Lipinski definition) is 5. The molecule has 3 N–H and O–H groups in total. The zero-order chi connectivity index (χ0) is 17.8. The zero-order valence-electron chi connectivity index (χ0n) is 13.7. The summed E-state index contributed by atoms with van der Waals surface area (Å²) < 4.78 is 1.71. The number of nitrogens with one attached hydrogen (secondary N) is 1. The summed E-state index contributed by atoms with van der Waals surface area (Å²) in [4.78, 5) is 17.0. The maximum atomic E-state index is 12.7. The highest BCUT2D eigenvalue weighted by atomic mass is 35.5. The first-order valence-corrected chi connectivity index (χ1v) is 8.61. The van der Waals surface area contributed by atoms with Gasteiger partial charge in [0.25, 0.3) is 5.91 Å². The summed E-state index contributed by atoms with van der Waals surface area (Å²) in [7, 11) is 0. The van der Waals surface area contributed by atoms with Crippen molar-refractivity contribution in [1.82, 2.24) is 20.1 Å². The Labute approximate surface area is 149 Å². The van der Waals surface area contributed by atoms with Crippen molar-refractivity contribution in [1.29, 1.82) is 0 Å². The number of nitrogens with zero attached hydrogens (tertiary/aromatic N) is 3. The molecule has 2 aliphatic carbocycles. The van der Waals surface area contributed by atoms with Gasteiger partial charge >= 0.3 is 0 Å². The van der Waals surface area contributed by atoms with E-state index in [1.165, 1.54) is 0 Å². The maximum Gasteiger partial charge on any atom is 0.272 e. The van der Waals surface area contributed by atoms with Crippen LogP contribution in [0.15, 0.2) is 18.3 Å². The van der Waals surface area contributed by atoms with Gasteiger partial charge in [0.1, 0.15) is 0 Å². The Kier molecular flexibility index (Phi) is 3.82. The third-order valence-corrected chi connectivity index (χ3v) is 5.25. The monoisotopic (exact) mass is 362 g/mol. The number of aromatic nitrogens is 3. The van der Waals surface area contributed by atoms with Crippen molar-refractivity contribution in [2.45, 2.75) is 31.2 Å². The van der Waals surface area contributed by atoms with Gasteiger partial charge in [-0.1, -0.05) is 11.6 Å². The van der Waals surface area contributed by atoms with E-state index < -0.39 is 11.4 Å². The molecule has 0 bridgehead atoms. The Bertz CT molecular complexity index is 846. The second kappa shape index (κ2) is 5.79. The van der Waals surface area contributed by atoms with Crippen molar-refractivity contribution in [3.8, 4) is 5.82 Å². The van der Waals surface area contributed by atoms with Crippen LogP contribution >= 0.6 is 11.6 Å². The number of amides is 1. The Morgan fingerprint density at radius 1 is 1.48 bits per heavy atom. The Morgan fingerprint density at radius 2 is 2.24 bits per heavy atom. The van der Waals surface area contributed by atoms with Gasteiger partial charge in [-0.15, -0.1) is 0 Å². The van der Waals surface area contributed by atoms with Crippen molar-refractivity contribution in [2.75, 3.05) is 13.2 Å².